The van der Waals surface area contributed by atoms with E-state index >= 15 is 0 Å². The highest BCUT2D eigenvalue weighted by Gasteiger charge is 2.42. The number of carbonyl (C=O) groups excluding carboxylic acids is 1. The minimum absolute atomic E-state index is 0.134. The van der Waals surface area contributed by atoms with Crippen LogP contribution in [0.1, 0.15) is 45.1 Å². The number of rotatable bonds is 4. The predicted octanol–water partition coefficient (Wildman–Crippen LogP) is 2.35. The highest BCUT2D eigenvalue weighted by atomic mass is 16.2. The third kappa shape index (κ3) is 3.16. The number of nitrogens with two attached hydrogens (primary N) is 1. The van der Waals surface area contributed by atoms with E-state index in [1.54, 1.807) is 0 Å². The summed E-state index contributed by atoms with van der Waals surface area (Å²) < 4.78 is 0. The Hall–Kier alpha value is -1.35. The van der Waals surface area contributed by atoms with E-state index in [-0.39, 0.29) is 16.9 Å². The molecule has 0 aliphatic heterocycles. The van der Waals surface area contributed by atoms with Gasteiger partial charge in [-0.15, -0.1) is 0 Å². The molecule has 104 valence electrons. The van der Waals surface area contributed by atoms with Crippen LogP contribution in [0.15, 0.2) is 30.3 Å². The second-order valence-corrected chi connectivity index (χ2v) is 6.33. The van der Waals surface area contributed by atoms with Gasteiger partial charge in [0.1, 0.15) is 0 Å². The van der Waals surface area contributed by atoms with E-state index in [9.17, 15) is 4.79 Å². The van der Waals surface area contributed by atoms with Gasteiger partial charge in [0, 0.05) is 12.1 Å². The molecule has 1 aliphatic rings. The Kier molecular flexibility index (Phi) is 3.95. The van der Waals surface area contributed by atoms with Crippen molar-refractivity contribution in [3.8, 4) is 0 Å². The normalized spacial score (nSPS) is 18.3. The molecule has 0 saturated heterocycles. The molecule has 1 amide bonds. The average molecular weight is 260 g/mol. The fourth-order valence-electron chi connectivity index (χ4n) is 2.86. The van der Waals surface area contributed by atoms with Crippen LogP contribution in [-0.4, -0.2) is 18.0 Å². The van der Waals surface area contributed by atoms with E-state index in [0.717, 1.165) is 31.2 Å². The summed E-state index contributed by atoms with van der Waals surface area (Å²) in [6.45, 7) is 4.37. The van der Waals surface area contributed by atoms with Crippen molar-refractivity contribution in [2.24, 2.45) is 5.73 Å². The summed E-state index contributed by atoms with van der Waals surface area (Å²) >= 11 is 0. The minimum Gasteiger partial charge on any atom is -0.354 e. The third-order valence-electron chi connectivity index (χ3n) is 3.92. The van der Waals surface area contributed by atoms with Gasteiger partial charge in [-0.2, -0.15) is 0 Å². The monoisotopic (exact) mass is 260 g/mol. The first kappa shape index (κ1) is 14.1. The summed E-state index contributed by atoms with van der Waals surface area (Å²) in [4.78, 5) is 12.6. The fourth-order valence-corrected chi connectivity index (χ4v) is 2.86. The van der Waals surface area contributed by atoms with Crippen LogP contribution in [0.2, 0.25) is 0 Å². The van der Waals surface area contributed by atoms with E-state index < -0.39 is 0 Å². The lowest BCUT2D eigenvalue weighted by molar-refractivity contribution is -0.126. The SMILES string of the molecule is CC(C)(N)CNC(=O)C1(c2ccccc2)CCCC1. The molecule has 1 aliphatic carbocycles. The zero-order chi connectivity index (χ0) is 13.9. The van der Waals surface area contributed by atoms with Gasteiger partial charge in [-0.3, -0.25) is 4.79 Å². The molecule has 1 aromatic rings. The molecule has 2 rings (SSSR count). The van der Waals surface area contributed by atoms with E-state index in [1.807, 2.05) is 32.0 Å². The largest absolute Gasteiger partial charge is 0.354 e. The fraction of sp³-hybridized carbons (Fsp3) is 0.562. The molecule has 3 N–H and O–H groups in total. The number of nitrogens with one attached hydrogen (secondary N) is 1. The Labute approximate surface area is 115 Å². The smallest absolute Gasteiger partial charge is 0.230 e. The molecule has 1 aromatic carbocycles. The molecule has 0 bridgehead atoms. The quantitative estimate of drug-likeness (QED) is 0.873. The molecule has 3 nitrogen and oxygen atoms in total. The van der Waals surface area contributed by atoms with E-state index in [1.165, 1.54) is 0 Å². The lowest BCUT2D eigenvalue weighted by Crippen LogP contribution is -2.50. The molecule has 0 atom stereocenters. The molecular weight excluding hydrogens is 236 g/mol. The lowest BCUT2D eigenvalue weighted by Gasteiger charge is -2.30. The molecule has 0 unspecified atom stereocenters. The van der Waals surface area contributed by atoms with Crippen molar-refractivity contribution in [3.63, 3.8) is 0 Å². The van der Waals surface area contributed by atoms with Gasteiger partial charge in [0.05, 0.1) is 5.41 Å². The van der Waals surface area contributed by atoms with Gasteiger partial charge in [-0.1, -0.05) is 43.2 Å². The maximum Gasteiger partial charge on any atom is 0.230 e. The number of amides is 1. The van der Waals surface area contributed by atoms with Gasteiger partial charge < -0.3 is 11.1 Å². The Balaban J connectivity index is 2.18. The number of hydrogen-bond acceptors (Lipinski definition) is 2. The summed E-state index contributed by atoms with van der Waals surface area (Å²) in [5.74, 6) is 0.134. The van der Waals surface area contributed by atoms with Crippen LogP contribution in [0.25, 0.3) is 0 Å². The van der Waals surface area contributed by atoms with Crippen LogP contribution < -0.4 is 11.1 Å². The molecule has 0 aromatic heterocycles. The molecule has 19 heavy (non-hydrogen) atoms. The molecule has 1 saturated carbocycles. The van der Waals surface area contributed by atoms with Crippen molar-refractivity contribution < 1.29 is 4.79 Å². The summed E-state index contributed by atoms with van der Waals surface area (Å²) in [5.41, 5.74) is 6.38. The molecule has 0 heterocycles. The van der Waals surface area contributed by atoms with Crippen molar-refractivity contribution in [1.29, 1.82) is 0 Å². The Morgan fingerprint density at radius 1 is 1.26 bits per heavy atom. The third-order valence-corrected chi connectivity index (χ3v) is 3.92. The van der Waals surface area contributed by atoms with Gasteiger partial charge in [-0.05, 0) is 32.3 Å². The van der Waals surface area contributed by atoms with Crippen LogP contribution in [-0.2, 0) is 10.2 Å². The molecule has 3 heteroatoms. The van der Waals surface area contributed by atoms with Crippen LogP contribution >= 0.6 is 0 Å². The predicted molar refractivity (Wildman–Crippen MR) is 77.9 cm³/mol. The Morgan fingerprint density at radius 2 is 1.84 bits per heavy atom. The van der Waals surface area contributed by atoms with Gasteiger partial charge in [0.25, 0.3) is 0 Å². The van der Waals surface area contributed by atoms with Gasteiger partial charge in [-0.25, -0.2) is 0 Å². The number of hydrogen-bond donors (Lipinski definition) is 2. The van der Waals surface area contributed by atoms with Gasteiger partial charge in [0.15, 0.2) is 0 Å². The summed E-state index contributed by atoms with van der Waals surface area (Å²) in [6, 6.07) is 10.1. The minimum atomic E-state index is -0.369. The summed E-state index contributed by atoms with van der Waals surface area (Å²) in [6.07, 6.45) is 4.12. The highest BCUT2D eigenvalue weighted by Crippen LogP contribution is 2.41. The van der Waals surface area contributed by atoms with Crippen molar-refractivity contribution >= 4 is 5.91 Å². The molecule has 0 spiro atoms. The average Bonchev–Trinajstić information content (AvgIpc) is 2.87. The Bertz CT molecular complexity index is 428. The van der Waals surface area contributed by atoms with Crippen LogP contribution in [0.3, 0.4) is 0 Å². The number of carbonyl (C=O) groups is 1. The highest BCUT2D eigenvalue weighted by molar-refractivity contribution is 5.88. The number of benzene rings is 1. The molecule has 1 fully saturated rings. The van der Waals surface area contributed by atoms with E-state index in [0.29, 0.717) is 6.54 Å². The maximum absolute atomic E-state index is 12.6. The second-order valence-electron chi connectivity index (χ2n) is 6.33. The van der Waals surface area contributed by atoms with E-state index in [4.69, 9.17) is 5.73 Å². The van der Waals surface area contributed by atoms with Crippen molar-refractivity contribution in [2.75, 3.05) is 6.54 Å². The standard InChI is InChI=1S/C16H24N2O/c1-15(2,17)12-18-14(19)16(10-6-7-11-16)13-8-4-3-5-9-13/h3-5,8-9H,6-7,10-12,17H2,1-2H3,(H,18,19). The first-order valence-electron chi connectivity index (χ1n) is 7.07. The van der Waals surface area contributed by atoms with Crippen LogP contribution in [0.4, 0.5) is 0 Å². The lowest BCUT2D eigenvalue weighted by atomic mass is 9.78. The zero-order valence-electron chi connectivity index (χ0n) is 11.9. The zero-order valence-corrected chi connectivity index (χ0v) is 11.9. The van der Waals surface area contributed by atoms with Crippen molar-refractivity contribution in [1.82, 2.24) is 5.32 Å². The van der Waals surface area contributed by atoms with Gasteiger partial charge in [0.2, 0.25) is 5.91 Å². The molecular formula is C16H24N2O. The summed E-state index contributed by atoms with van der Waals surface area (Å²) in [5, 5.41) is 3.04. The maximum atomic E-state index is 12.6. The summed E-state index contributed by atoms with van der Waals surface area (Å²) in [7, 11) is 0. The van der Waals surface area contributed by atoms with Crippen molar-refractivity contribution in [2.45, 2.75) is 50.5 Å². The first-order chi connectivity index (χ1) is 8.94. The van der Waals surface area contributed by atoms with E-state index in [2.05, 4.69) is 17.4 Å². The molecule has 0 radical (unpaired) electrons. The topological polar surface area (TPSA) is 55.1 Å². The van der Waals surface area contributed by atoms with Gasteiger partial charge >= 0.3 is 0 Å². The van der Waals surface area contributed by atoms with Crippen LogP contribution in [0.5, 0.6) is 0 Å². The Morgan fingerprint density at radius 3 is 2.37 bits per heavy atom. The second kappa shape index (κ2) is 5.33. The van der Waals surface area contributed by atoms with Crippen molar-refractivity contribution in [3.05, 3.63) is 35.9 Å². The van der Waals surface area contributed by atoms with Crippen LogP contribution in [0, 0.1) is 0 Å². The first-order valence-corrected chi connectivity index (χ1v) is 7.07.